The Kier molecular flexibility index (Phi) is 4.56. The molecule has 1 N–H and O–H groups in total. The first-order valence-electron chi connectivity index (χ1n) is 6.41. The molecule has 0 fully saturated rings. The normalized spacial score (nSPS) is 11.0. The third-order valence-corrected chi connectivity index (χ3v) is 2.75. The van der Waals surface area contributed by atoms with E-state index in [1.165, 1.54) is 6.26 Å². The second-order valence-electron chi connectivity index (χ2n) is 4.56. The molecular weight excluding hydrogens is 250 g/mol. The van der Waals surface area contributed by atoms with Gasteiger partial charge in [-0.3, -0.25) is 4.79 Å². The topological polar surface area (TPSA) is 38.3 Å². The molecule has 0 heterocycles. The van der Waals surface area contributed by atoms with Crippen LogP contribution in [0.1, 0.15) is 12.5 Å². The number of carbonyl (C=O) groups is 1. The van der Waals surface area contributed by atoms with Gasteiger partial charge < -0.3 is 10.1 Å². The Balaban J connectivity index is 1.98. The number of para-hydroxylation sites is 1. The monoisotopic (exact) mass is 267 g/mol. The summed E-state index contributed by atoms with van der Waals surface area (Å²) in [6.45, 7) is 3.71. The third-order valence-electron chi connectivity index (χ3n) is 2.75. The Morgan fingerprint density at radius 1 is 1.10 bits per heavy atom. The van der Waals surface area contributed by atoms with E-state index in [0.29, 0.717) is 5.57 Å². The lowest BCUT2D eigenvalue weighted by atomic mass is 10.2. The average Bonchev–Trinajstić information content (AvgIpc) is 2.46. The number of aryl methyl sites for hydroxylation is 1. The Hall–Kier alpha value is -2.55. The van der Waals surface area contributed by atoms with E-state index in [0.717, 1.165) is 17.0 Å². The second-order valence-corrected chi connectivity index (χ2v) is 4.56. The van der Waals surface area contributed by atoms with Gasteiger partial charge in [-0.05, 0) is 43.7 Å². The van der Waals surface area contributed by atoms with Crippen LogP contribution in [0, 0.1) is 6.92 Å². The Labute approximate surface area is 118 Å². The van der Waals surface area contributed by atoms with Gasteiger partial charge in [0, 0.05) is 11.3 Å². The van der Waals surface area contributed by atoms with Crippen molar-refractivity contribution < 1.29 is 9.53 Å². The number of nitrogens with one attached hydrogen (secondary N) is 1. The van der Waals surface area contributed by atoms with E-state index in [4.69, 9.17) is 4.74 Å². The minimum absolute atomic E-state index is 0.177. The largest absolute Gasteiger partial charge is 0.465 e. The molecule has 3 heteroatoms. The first-order chi connectivity index (χ1) is 9.65. The molecule has 0 saturated heterocycles. The highest BCUT2D eigenvalue weighted by molar-refractivity contribution is 6.03. The molecular formula is C17H17NO2. The van der Waals surface area contributed by atoms with Crippen molar-refractivity contribution in [1.29, 1.82) is 0 Å². The highest BCUT2D eigenvalue weighted by Gasteiger charge is 2.05. The zero-order valence-corrected chi connectivity index (χ0v) is 11.6. The fourth-order valence-electron chi connectivity index (χ4n) is 1.65. The molecule has 0 atom stereocenters. The van der Waals surface area contributed by atoms with E-state index >= 15 is 0 Å². The van der Waals surface area contributed by atoms with Crippen molar-refractivity contribution in [2.24, 2.45) is 0 Å². The van der Waals surface area contributed by atoms with Crippen LogP contribution in [-0.4, -0.2) is 5.91 Å². The van der Waals surface area contributed by atoms with Crippen molar-refractivity contribution in [3.8, 4) is 5.75 Å². The molecule has 0 aliphatic rings. The van der Waals surface area contributed by atoms with Crippen LogP contribution in [0.4, 0.5) is 5.69 Å². The van der Waals surface area contributed by atoms with Crippen LogP contribution < -0.4 is 10.1 Å². The molecule has 2 aromatic carbocycles. The number of rotatable bonds is 4. The van der Waals surface area contributed by atoms with Crippen LogP contribution in [0.2, 0.25) is 0 Å². The van der Waals surface area contributed by atoms with Gasteiger partial charge in [0.1, 0.15) is 5.75 Å². The highest BCUT2D eigenvalue weighted by atomic mass is 16.5. The lowest BCUT2D eigenvalue weighted by Crippen LogP contribution is -2.13. The van der Waals surface area contributed by atoms with Gasteiger partial charge in [-0.15, -0.1) is 0 Å². The lowest BCUT2D eigenvalue weighted by Gasteiger charge is -2.06. The summed E-state index contributed by atoms with van der Waals surface area (Å²) in [5.41, 5.74) is 2.39. The number of hydrogen-bond donors (Lipinski definition) is 1. The minimum atomic E-state index is -0.177. The van der Waals surface area contributed by atoms with Gasteiger partial charge in [0.05, 0.1) is 6.26 Å². The predicted molar refractivity (Wildman–Crippen MR) is 80.6 cm³/mol. The molecule has 102 valence electrons. The number of amides is 1. The van der Waals surface area contributed by atoms with E-state index < -0.39 is 0 Å². The molecule has 2 aromatic rings. The Morgan fingerprint density at radius 3 is 2.55 bits per heavy atom. The molecule has 0 bridgehead atoms. The number of carbonyl (C=O) groups excluding carboxylic acids is 1. The third kappa shape index (κ3) is 3.99. The van der Waals surface area contributed by atoms with E-state index in [-0.39, 0.29) is 5.91 Å². The molecule has 20 heavy (non-hydrogen) atoms. The number of anilines is 1. The van der Waals surface area contributed by atoms with Crippen LogP contribution in [-0.2, 0) is 4.79 Å². The van der Waals surface area contributed by atoms with Gasteiger partial charge in [-0.1, -0.05) is 30.3 Å². The van der Waals surface area contributed by atoms with Crippen molar-refractivity contribution in [2.75, 3.05) is 5.32 Å². The minimum Gasteiger partial charge on any atom is -0.465 e. The zero-order chi connectivity index (χ0) is 14.4. The van der Waals surface area contributed by atoms with E-state index in [1.807, 2.05) is 61.5 Å². The van der Waals surface area contributed by atoms with Crippen LogP contribution in [0.3, 0.4) is 0 Å². The fraction of sp³-hybridized carbons (Fsp3) is 0.118. The van der Waals surface area contributed by atoms with Crippen molar-refractivity contribution in [3.63, 3.8) is 0 Å². The summed E-state index contributed by atoms with van der Waals surface area (Å²) in [7, 11) is 0. The maximum Gasteiger partial charge on any atom is 0.254 e. The van der Waals surface area contributed by atoms with Crippen LogP contribution >= 0.6 is 0 Å². The van der Waals surface area contributed by atoms with Gasteiger partial charge in [-0.25, -0.2) is 0 Å². The predicted octanol–water partition coefficient (Wildman–Crippen LogP) is 3.92. The maximum atomic E-state index is 11.9. The smallest absolute Gasteiger partial charge is 0.254 e. The number of benzene rings is 2. The summed E-state index contributed by atoms with van der Waals surface area (Å²) in [5.74, 6) is 0.542. The van der Waals surface area contributed by atoms with E-state index in [9.17, 15) is 4.79 Å². The Bertz CT molecular complexity index is 618. The summed E-state index contributed by atoms with van der Waals surface area (Å²) >= 11 is 0. The summed E-state index contributed by atoms with van der Waals surface area (Å²) in [4.78, 5) is 11.9. The van der Waals surface area contributed by atoms with Crippen molar-refractivity contribution in [2.45, 2.75) is 13.8 Å². The van der Waals surface area contributed by atoms with Gasteiger partial charge >= 0.3 is 0 Å². The van der Waals surface area contributed by atoms with Crippen molar-refractivity contribution in [3.05, 3.63) is 72.0 Å². The van der Waals surface area contributed by atoms with Crippen LogP contribution in [0.15, 0.2) is 66.4 Å². The zero-order valence-electron chi connectivity index (χ0n) is 11.6. The van der Waals surface area contributed by atoms with E-state index in [2.05, 4.69) is 5.32 Å². The van der Waals surface area contributed by atoms with Crippen molar-refractivity contribution >= 4 is 11.6 Å². The van der Waals surface area contributed by atoms with Crippen LogP contribution in [0.5, 0.6) is 5.75 Å². The Morgan fingerprint density at radius 2 is 1.85 bits per heavy atom. The highest BCUT2D eigenvalue weighted by Crippen LogP contribution is 2.14. The van der Waals surface area contributed by atoms with Gasteiger partial charge in [0.2, 0.25) is 0 Å². The van der Waals surface area contributed by atoms with Gasteiger partial charge in [-0.2, -0.15) is 0 Å². The number of ether oxygens (including phenoxy) is 1. The molecule has 2 rings (SSSR count). The SMILES string of the molecule is CC(=COc1cccc(C)c1)C(=O)Nc1ccccc1. The lowest BCUT2D eigenvalue weighted by molar-refractivity contribution is -0.112. The molecule has 0 aromatic heterocycles. The average molecular weight is 267 g/mol. The summed E-state index contributed by atoms with van der Waals surface area (Å²) in [6, 6.07) is 17.0. The molecule has 0 aliphatic carbocycles. The summed E-state index contributed by atoms with van der Waals surface area (Å²) in [5, 5.41) is 2.80. The second kappa shape index (κ2) is 6.57. The molecule has 1 amide bonds. The molecule has 0 unspecified atom stereocenters. The summed E-state index contributed by atoms with van der Waals surface area (Å²) in [6.07, 6.45) is 1.47. The van der Waals surface area contributed by atoms with Gasteiger partial charge in [0.15, 0.2) is 0 Å². The molecule has 0 saturated carbocycles. The molecule has 0 spiro atoms. The molecule has 0 aliphatic heterocycles. The standard InChI is InChI=1S/C17H17NO2/c1-13-7-6-10-16(11-13)20-12-14(2)17(19)18-15-8-4-3-5-9-15/h3-12H,1-2H3,(H,18,19). The van der Waals surface area contributed by atoms with E-state index in [1.54, 1.807) is 6.92 Å². The van der Waals surface area contributed by atoms with Crippen LogP contribution in [0.25, 0.3) is 0 Å². The number of hydrogen-bond acceptors (Lipinski definition) is 2. The van der Waals surface area contributed by atoms with Gasteiger partial charge in [0.25, 0.3) is 5.91 Å². The van der Waals surface area contributed by atoms with Crippen molar-refractivity contribution in [1.82, 2.24) is 0 Å². The first-order valence-corrected chi connectivity index (χ1v) is 6.41. The molecule has 3 nitrogen and oxygen atoms in total. The fourth-order valence-corrected chi connectivity index (χ4v) is 1.65. The molecule has 0 radical (unpaired) electrons. The summed E-state index contributed by atoms with van der Waals surface area (Å²) < 4.78 is 5.48. The first kappa shape index (κ1) is 13.9. The maximum absolute atomic E-state index is 11.9. The quantitative estimate of drug-likeness (QED) is 0.673.